The van der Waals surface area contributed by atoms with E-state index in [1.54, 1.807) is 24.3 Å². The largest absolute Gasteiger partial charge is 0.489 e. The van der Waals surface area contributed by atoms with Crippen molar-refractivity contribution in [3.8, 4) is 23.0 Å². The standard InChI is InChI=1S/C56H75FN2O9/c1-4-7-8-9-10-11-12-13-14-25-53(62)59(37-40-26-28-50-51(33-40)65-39-64-50)52-36-48(58-67-6-3)45-34-41(21-17-19-30-60)44(23-18-20-31-61)54-46-35-43(63-38-42-22-15-16-24-47(42)57)27-29-49(46)68-56(52,55(45)54)66-32-5-2/h5,15-16,22,24,26-29,33-35,41,44,52,54-55,60-61H,2,4,6-14,17-21,23,25,30-32,36-39H2,1,3H3/t41-,44+,52-,54+,55+,56+/m0/s1. The molecule has 11 nitrogen and oxygen atoms in total. The minimum atomic E-state index is -1.41. The van der Waals surface area contributed by atoms with Crippen molar-refractivity contribution >= 4 is 11.6 Å². The topological polar surface area (TPSA) is 129 Å². The molecule has 2 aliphatic carbocycles. The van der Waals surface area contributed by atoms with Gasteiger partial charge in [0.1, 0.15) is 36.6 Å². The minimum Gasteiger partial charge on any atom is -0.489 e. The van der Waals surface area contributed by atoms with Crippen molar-refractivity contribution < 1.29 is 47.9 Å². The Balaban J connectivity index is 1.35. The molecule has 2 N–H and O–H groups in total. The number of ether oxygens (including phenoxy) is 5. The van der Waals surface area contributed by atoms with Gasteiger partial charge in [-0.2, -0.15) is 0 Å². The molecule has 2 aliphatic heterocycles. The van der Waals surface area contributed by atoms with E-state index in [1.807, 2.05) is 48.2 Å². The molecule has 12 heteroatoms. The number of hydrogen-bond acceptors (Lipinski definition) is 10. The number of allylic oxidation sites excluding steroid dienone is 1. The van der Waals surface area contributed by atoms with Crippen LogP contribution in [0.1, 0.15) is 146 Å². The molecular formula is C56H75FN2O9. The lowest BCUT2D eigenvalue weighted by Crippen LogP contribution is -2.70. The van der Waals surface area contributed by atoms with E-state index in [2.05, 4.69) is 19.6 Å². The number of carbonyl (C=O) groups excluding carboxylic acids is 1. The number of amides is 1. The van der Waals surface area contributed by atoms with Gasteiger partial charge in [0.05, 0.1) is 18.2 Å². The number of oxime groups is 1. The number of fused-ring (bicyclic) bond motifs is 3. The van der Waals surface area contributed by atoms with E-state index in [-0.39, 0.29) is 69.2 Å². The normalized spacial score (nSPS) is 22.8. The molecule has 0 unspecified atom stereocenters. The number of hydrogen-bond donors (Lipinski definition) is 2. The second kappa shape index (κ2) is 25.6. The average molecular weight is 939 g/mol. The lowest BCUT2D eigenvalue weighted by Gasteiger charge is -2.60. The molecule has 1 fully saturated rings. The van der Waals surface area contributed by atoms with Crippen LogP contribution in [0.2, 0.25) is 0 Å². The highest BCUT2D eigenvalue weighted by atomic mass is 19.1. The van der Waals surface area contributed by atoms with E-state index >= 15 is 4.79 Å². The lowest BCUT2D eigenvalue weighted by molar-refractivity contribution is -0.258. The van der Waals surface area contributed by atoms with Gasteiger partial charge in [-0.25, -0.2) is 4.39 Å². The van der Waals surface area contributed by atoms with Crippen molar-refractivity contribution in [2.24, 2.45) is 22.9 Å². The average Bonchev–Trinajstić information content (AvgIpc) is 3.83. The number of rotatable bonds is 29. The van der Waals surface area contributed by atoms with Gasteiger partial charge in [0, 0.05) is 49.6 Å². The first-order valence-corrected chi connectivity index (χ1v) is 25.6. The molecule has 370 valence electrons. The molecule has 0 radical (unpaired) electrons. The summed E-state index contributed by atoms with van der Waals surface area (Å²) in [6, 6.07) is 17.6. The Bertz CT molecular complexity index is 2160. The van der Waals surface area contributed by atoms with Crippen LogP contribution in [-0.2, 0) is 27.5 Å². The van der Waals surface area contributed by atoms with Gasteiger partial charge in [0.2, 0.25) is 18.5 Å². The first-order chi connectivity index (χ1) is 33.3. The maximum absolute atomic E-state index is 15.3. The summed E-state index contributed by atoms with van der Waals surface area (Å²) in [5.74, 6) is 0.183. The molecule has 4 aliphatic rings. The third kappa shape index (κ3) is 12.3. The molecule has 0 bridgehead atoms. The number of carbonyl (C=O) groups is 1. The summed E-state index contributed by atoms with van der Waals surface area (Å²) in [5, 5.41) is 24.9. The maximum atomic E-state index is 15.3. The SMILES string of the molecule is C=CCO[C@@]12Oc3ccc(OCc4ccccc4F)cc3[C@H]3[C@H](CCCCO)[C@@H](CCCCO)C=C(C(=NOCC)C[C@@H]1N(Cc1ccc4c(c1)OCO4)C(=O)CCCCCCCCCCC)[C@H]32. The minimum absolute atomic E-state index is 0.000375. The van der Waals surface area contributed by atoms with Gasteiger partial charge in [-0.3, -0.25) is 4.79 Å². The Morgan fingerprint density at radius 1 is 0.882 bits per heavy atom. The summed E-state index contributed by atoms with van der Waals surface area (Å²) in [6.45, 7) is 9.40. The molecule has 0 spiro atoms. The fourth-order valence-electron chi connectivity index (χ4n) is 11.0. The molecule has 0 aromatic heterocycles. The van der Waals surface area contributed by atoms with E-state index in [4.69, 9.17) is 33.7 Å². The Labute approximate surface area is 403 Å². The van der Waals surface area contributed by atoms with Crippen LogP contribution in [-0.4, -0.2) is 71.8 Å². The van der Waals surface area contributed by atoms with E-state index in [0.717, 1.165) is 67.4 Å². The molecule has 0 saturated heterocycles. The van der Waals surface area contributed by atoms with Crippen LogP contribution in [0.25, 0.3) is 0 Å². The van der Waals surface area contributed by atoms with Crippen LogP contribution in [0.5, 0.6) is 23.0 Å². The number of aliphatic hydroxyl groups is 2. The van der Waals surface area contributed by atoms with Crippen molar-refractivity contribution in [2.45, 2.75) is 154 Å². The van der Waals surface area contributed by atoms with Crippen LogP contribution < -0.4 is 18.9 Å². The smallest absolute Gasteiger partial charge is 0.239 e. The Hall–Kier alpha value is -4.91. The number of nitrogens with zero attached hydrogens (tertiary/aromatic N) is 2. The number of benzene rings is 3. The van der Waals surface area contributed by atoms with E-state index in [9.17, 15) is 14.6 Å². The second-order valence-electron chi connectivity index (χ2n) is 18.9. The molecule has 3 aromatic carbocycles. The second-order valence-corrected chi connectivity index (χ2v) is 18.9. The van der Waals surface area contributed by atoms with Crippen molar-refractivity contribution in [1.82, 2.24) is 4.90 Å². The Kier molecular flexibility index (Phi) is 19.2. The maximum Gasteiger partial charge on any atom is 0.239 e. The summed E-state index contributed by atoms with van der Waals surface area (Å²) in [4.78, 5) is 23.2. The lowest BCUT2D eigenvalue weighted by atomic mass is 9.55. The van der Waals surface area contributed by atoms with Gasteiger partial charge in [-0.15, -0.1) is 6.58 Å². The van der Waals surface area contributed by atoms with Gasteiger partial charge in [-0.1, -0.05) is 113 Å². The molecule has 3 aromatic rings. The zero-order chi connectivity index (χ0) is 47.7. The Morgan fingerprint density at radius 3 is 2.37 bits per heavy atom. The van der Waals surface area contributed by atoms with E-state index in [1.165, 1.54) is 44.6 Å². The number of halogens is 1. The first-order valence-electron chi connectivity index (χ1n) is 25.6. The first kappa shape index (κ1) is 51.0. The van der Waals surface area contributed by atoms with Gasteiger partial charge < -0.3 is 43.6 Å². The molecule has 1 saturated carbocycles. The van der Waals surface area contributed by atoms with Crippen LogP contribution >= 0.6 is 0 Å². The highest BCUT2D eigenvalue weighted by Gasteiger charge is 2.65. The highest BCUT2D eigenvalue weighted by Crippen LogP contribution is 2.62. The van der Waals surface area contributed by atoms with Gasteiger partial charge >= 0.3 is 0 Å². The van der Waals surface area contributed by atoms with Gasteiger partial charge in [0.15, 0.2) is 11.5 Å². The summed E-state index contributed by atoms with van der Waals surface area (Å²) in [5.41, 5.74) is 3.99. The van der Waals surface area contributed by atoms with Crippen LogP contribution in [0.3, 0.4) is 0 Å². The zero-order valence-electron chi connectivity index (χ0n) is 40.5. The third-order valence-electron chi connectivity index (χ3n) is 14.3. The third-order valence-corrected chi connectivity index (χ3v) is 14.3. The van der Waals surface area contributed by atoms with Crippen molar-refractivity contribution in [1.29, 1.82) is 0 Å². The van der Waals surface area contributed by atoms with Gasteiger partial charge in [0.25, 0.3) is 0 Å². The fourth-order valence-corrected chi connectivity index (χ4v) is 11.0. The van der Waals surface area contributed by atoms with Crippen molar-refractivity contribution in [3.63, 3.8) is 0 Å². The van der Waals surface area contributed by atoms with Gasteiger partial charge in [-0.05, 0) is 98.4 Å². The summed E-state index contributed by atoms with van der Waals surface area (Å²) < 4.78 is 47.4. The van der Waals surface area contributed by atoms with Crippen molar-refractivity contribution in [3.05, 3.63) is 107 Å². The van der Waals surface area contributed by atoms with Crippen LogP contribution in [0, 0.1) is 23.6 Å². The van der Waals surface area contributed by atoms with E-state index < -0.39 is 17.7 Å². The predicted molar refractivity (Wildman–Crippen MR) is 262 cm³/mol. The molecule has 1 amide bonds. The van der Waals surface area contributed by atoms with Crippen LogP contribution in [0.15, 0.2) is 90.1 Å². The fraction of sp³-hybridized carbons (Fsp3) is 0.571. The molecular weight excluding hydrogens is 864 g/mol. The van der Waals surface area contributed by atoms with E-state index in [0.29, 0.717) is 60.9 Å². The summed E-state index contributed by atoms with van der Waals surface area (Å²) in [7, 11) is 0. The summed E-state index contributed by atoms with van der Waals surface area (Å²) >= 11 is 0. The molecule has 2 heterocycles. The molecule has 68 heavy (non-hydrogen) atoms. The predicted octanol–water partition coefficient (Wildman–Crippen LogP) is 11.7. The Morgan fingerprint density at radius 2 is 1.62 bits per heavy atom. The number of aliphatic hydroxyl groups excluding tert-OH is 2. The summed E-state index contributed by atoms with van der Waals surface area (Å²) in [6.07, 6.45) is 19.6. The van der Waals surface area contributed by atoms with Crippen molar-refractivity contribution in [2.75, 3.05) is 33.2 Å². The number of unbranched alkanes of at least 4 members (excludes halogenated alkanes) is 10. The highest BCUT2D eigenvalue weighted by molar-refractivity contribution is 6.03. The zero-order valence-corrected chi connectivity index (χ0v) is 40.5. The monoisotopic (exact) mass is 939 g/mol. The molecule has 6 atom stereocenters. The molecule has 7 rings (SSSR count). The quantitative estimate of drug-likeness (QED) is 0.0397. The van der Waals surface area contributed by atoms with Crippen LogP contribution in [0.4, 0.5) is 4.39 Å².